The fourth-order valence-corrected chi connectivity index (χ4v) is 1.62. The zero-order valence-electron chi connectivity index (χ0n) is 10.1. The van der Waals surface area contributed by atoms with Gasteiger partial charge in [-0.3, -0.25) is 0 Å². The van der Waals surface area contributed by atoms with Gasteiger partial charge in [0.15, 0.2) is 0 Å². The number of rotatable bonds is 4. The molecule has 1 aromatic rings. The Hall–Kier alpha value is -1.29. The Morgan fingerprint density at radius 2 is 1.56 bits per heavy atom. The maximum atomic E-state index is 13.4. The standard InChI is InChI=1S/C12H18FNO2/c1-7(13)9-5-10(8(2)14)12(16-4)6-11(9)15-3/h5-8H,14H2,1-4H3. The summed E-state index contributed by atoms with van der Waals surface area (Å²) in [6.07, 6.45) is -1.10. The van der Waals surface area contributed by atoms with Crippen LogP contribution in [-0.4, -0.2) is 14.2 Å². The van der Waals surface area contributed by atoms with E-state index in [4.69, 9.17) is 15.2 Å². The van der Waals surface area contributed by atoms with Gasteiger partial charge in [0, 0.05) is 23.2 Å². The summed E-state index contributed by atoms with van der Waals surface area (Å²) >= 11 is 0. The third kappa shape index (κ3) is 2.44. The molecule has 4 heteroatoms. The monoisotopic (exact) mass is 227 g/mol. The normalized spacial score (nSPS) is 14.4. The molecule has 90 valence electrons. The topological polar surface area (TPSA) is 44.5 Å². The smallest absolute Gasteiger partial charge is 0.128 e. The lowest BCUT2D eigenvalue weighted by molar-refractivity contribution is 0.341. The van der Waals surface area contributed by atoms with Gasteiger partial charge in [-0.2, -0.15) is 0 Å². The highest BCUT2D eigenvalue weighted by atomic mass is 19.1. The van der Waals surface area contributed by atoms with Gasteiger partial charge in [-0.05, 0) is 19.9 Å². The summed E-state index contributed by atoms with van der Waals surface area (Å²) in [4.78, 5) is 0. The Bertz CT molecular complexity index is 333. The van der Waals surface area contributed by atoms with E-state index in [2.05, 4.69) is 0 Å². The van der Waals surface area contributed by atoms with Crippen molar-refractivity contribution < 1.29 is 13.9 Å². The average molecular weight is 227 g/mol. The largest absolute Gasteiger partial charge is 0.496 e. The second-order valence-electron chi connectivity index (χ2n) is 3.74. The van der Waals surface area contributed by atoms with Crippen LogP contribution in [0.5, 0.6) is 11.5 Å². The summed E-state index contributed by atoms with van der Waals surface area (Å²) in [7, 11) is 3.06. The molecule has 0 aliphatic carbocycles. The minimum Gasteiger partial charge on any atom is -0.496 e. The van der Waals surface area contributed by atoms with Gasteiger partial charge in [0.05, 0.1) is 14.2 Å². The van der Waals surface area contributed by atoms with Crippen LogP contribution >= 0.6 is 0 Å². The van der Waals surface area contributed by atoms with Gasteiger partial charge in [0.2, 0.25) is 0 Å². The number of methoxy groups -OCH3 is 2. The van der Waals surface area contributed by atoms with E-state index in [-0.39, 0.29) is 6.04 Å². The first kappa shape index (κ1) is 12.8. The highest BCUT2D eigenvalue weighted by Crippen LogP contribution is 2.36. The molecule has 1 rings (SSSR count). The zero-order valence-corrected chi connectivity index (χ0v) is 10.1. The lowest BCUT2D eigenvalue weighted by Gasteiger charge is -2.17. The molecule has 2 atom stereocenters. The fourth-order valence-electron chi connectivity index (χ4n) is 1.62. The molecule has 0 spiro atoms. The van der Waals surface area contributed by atoms with Gasteiger partial charge in [0.1, 0.15) is 17.7 Å². The van der Waals surface area contributed by atoms with E-state index in [1.807, 2.05) is 6.92 Å². The lowest BCUT2D eigenvalue weighted by Crippen LogP contribution is -2.08. The van der Waals surface area contributed by atoms with E-state index < -0.39 is 6.17 Å². The van der Waals surface area contributed by atoms with Crippen LogP contribution in [0.3, 0.4) is 0 Å². The molecule has 2 unspecified atom stereocenters. The van der Waals surface area contributed by atoms with Crippen LogP contribution in [0.1, 0.15) is 37.2 Å². The third-order valence-corrected chi connectivity index (χ3v) is 2.50. The lowest BCUT2D eigenvalue weighted by atomic mass is 10.0. The molecule has 0 saturated carbocycles. The predicted octanol–water partition coefficient (Wildman–Crippen LogP) is 2.75. The summed E-state index contributed by atoms with van der Waals surface area (Å²) in [5.74, 6) is 1.10. The van der Waals surface area contributed by atoms with E-state index in [9.17, 15) is 4.39 Å². The Labute approximate surface area is 95.4 Å². The Morgan fingerprint density at radius 3 is 1.94 bits per heavy atom. The van der Waals surface area contributed by atoms with Crippen molar-refractivity contribution in [3.8, 4) is 11.5 Å². The molecular weight excluding hydrogens is 209 g/mol. The second kappa shape index (κ2) is 5.16. The van der Waals surface area contributed by atoms with E-state index in [1.54, 1.807) is 19.2 Å². The van der Waals surface area contributed by atoms with E-state index >= 15 is 0 Å². The number of nitrogens with two attached hydrogens (primary N) is 1. The maximum absolute atomic E-state index is 13.4. The van der Waals surface area contributed by atoms with Crippen LogP contribution in [0.15, 0.2) is 12.1 Å². The number of halogens is 1. The van der Waals surface area contributed by atoms with Gasteiger partial charge in [-0.1, -0.05) is 0 Å². The Kier molecular flexibility index (Phi) is 4.12. The Balaban J connectivity index is 3.35. The van der Waals surface area contributed by atoms with Crippen molar-refractivity contribution in [2.24, 2.45) is 5.73 Å². The van der Waals surface area contributed by atoms with Crippen molar-refractivity contribution in [2.45, 2.75) is 26.1 Å². The van der Waals surface area contributed by atoms with Crippen LogP contribution in [0, 0.1) is 0 Å². The van der Waals surface area contributed by atoms with E-state index in [0.717, 1.165) is 5.56 Å². The zero-order chi connectivity index (χ0) is 12.3. The molecule has 3 nitrogen and oxygen atoms in total. The summed E-state index contributed by atoms with van der Waals surface area (Å²) in [5, 5.41) is 0. The first-order valence-corrected chi connectivity index (χ1v) is 5.16. The Morgan fingerprint density at radius 1 is 1.06 bits per heavy atom. The maximum Gasteiger partial charge on any atom is 0.128 e. The van der Waals surface area contributed by atoms with Crippen LogP contribution in [-0.2, 0) is 0 Å². The highest BCUT2D eigenvalue weighted by Gasteiger charge is 2.17. The van der Waals surface area contributed by atoms with Crippen LogP contribution < -0.4 is 15.2 Å². The first-order valence-electron chi connectivity index (χ1n) is 5.16. The van der Waals surface area contributed by atoms with E-state index in [1.165, 1.54) is 14.0 Å². The molecule has 0 saturated heterocycles. The average Bonchev–Trinajstić information content (AvgIpc) is 2.26. The summed E-state index contributed by atoms with van der Waals surface area (Å²) in [5.41, 5.74) is 7.08. The van der Waals surface area contributed by atoms with Crippen LogP contribution in [0.25, 0.3) is 0 Å². The second-order valence-corrected chi connectivity index (χ2v) is 3.74. The van der Waals surface area contributed by atoms with Crippen molar-refractivity contribution >= 4 is 0 Å². The van der Waals surface area contributed by atoms with Crippen molar-refractivity contribution in [1.82, 2.24) is 0 Å². The molecule has 0 amide bonds. The molecular formula is C12H18FNO2. The molecule has 0 aromatic heterocycles. The fraction of sp³-hybridized carbons (Fsp3) is 0.500. The molecule has 0 aliphatic heterocycles. The minimum absolute atomic E-state index is 0.210. The number of hydrogen-bond acceptors (Lipinski definition) is 3. The van der Waals surface area contributed by atoms with Crippen molar-refractivity contribution in [3.63, 3.8) is 0 Å². The third-order valence-electron chi connectivity index (χ3n) is 2.50. The number of benzene rings is 1. The predicted molar refractivity (Wildman–Crippen MR) is 61.7 cm³/mol. The highest BCUT2D eigenvalue weighted by molar-refractivity contribution is 5.48. The van der Waals surface area contributed by atoms with Crippen molar-refractivity contribution in [2.75, 3.05) is 14.2 Å². The number of alkyl halides is 1. The van der Waals surface area contributed by atoms with Gasteiger partial charge in [-0.15, -0.1) is 0 Å². The van der Waals surface area contributed by atoms with E-state index in [0.29, 0.717) is 17.1 Å². The quantitative estimate of drug-likeness (QED) is 0.860. The number of hydrogen-bond donors (Lipinski definition) is 1. The molecule has 2 N–H and O–H groups in total. The number of ether oxygens (including phenoxy) is 2. The van der Waals surface area contributed by atoms with Gasteiger partial charge in [0.25, 0.3) is 0 Å². The minimum atomic E-state index is -1.10. The van der Waals surface area contributed by atoms with Crippen molar-refractivity contribution in [3.05, 3.63) is 23.3 Å². The molecule has 0 fully saturated rings. The molecule has 0 heterocycles. The molecule has 0 bridgehead atoms. The van der Waals surface area contributed by atoms with Gasteiger partial charge >= 0.3 is 0 Å². The summed E-state index contributed by atoms with van der Waals surface area (Å²) in [6.45, 7) is 3.30. The summed E-state index contributed by atoms with van der Waals surface area (Å²) in [6, 6.07) is 3.16. The van der Waals surface area contributed by atoms with Gasteiger partial charge in [-0.25, -0.2) is 4.39 Å². The molecule has 0 radical (unpaired) electrons. The van der Waals surface area contributed by atoms with Crippen molar-refractivity contribution in [1.29, 1.82) is 0 Å². The molecule has 16 heavy (non-hydrogen) atoms. The van der Waals surface area contributed by atoms with Crippen LogP contribution in [0.2, 0.25) is 0 Å². The SMILES string of the molecule is COc1cc(OC)c(C(C)F)cc1C(C)N. The molecule has 0 aliphatic rings. The van der Waals surface area contributed by atoms with Gasteiger partial charge < -0.3 is 15.2 Å². The molecule has 1 aromatic carbocycles. The first-order chi connectivity index (χ1) is 7.51. The van der Waals surface area contributed by atoms with Crippen LogP contribution in [0.4, 0.5) is 4.39 Å². The summed E-state index contributed by atoms with van der Waals surface area (Å²) < 4.78 is 23.7.